The van der Waals surface area contributed by atoms with Crippen LogP contribution in [0.4, 0.5) is 0 Å². The molecule has 0 saturated heterocycles. The fourth-order valence-corrected chi connectivity index (χ4v) is 5.07. The van der Waals surface area contributed by atoms with Gasteiger partial charge in [-0.1, -0.05) is 65.2 Å². The minimum absolute atomic E-state index is 0.205. The van der Waals surface area contributed by atoms with Crippen LogP contribution in [0.1, 0.15) is 29.2 Å². The Hall–Kier alpha value is -2.34. The molecule has 0 unspecified atom stereocenters. The highest BCUT2D eigenvalue weighted by Crippen LogP contribution is 2.38. The molecule has 0 amide bonds. The number of sulfonamides is 1. The van der Waals surface area contributed by atoms with Gasteiger partial charge in [-0.2, -0.15) is 17.9 Å². The Kier molecular flexibility index (Phi) is 5.38. The number of hydrogen-bond acceptors (Lipinski definition) is 3. The van der Waals surface area contributed by atoms with Gasteiger partial charge in [0, 0.05) is 16.5 Å². The lowest BCUT2D eigenvalue weighted by molar-refractivity contribution is 0.371. The van der Waals surface area contributed by atoms with Gasteiger partial charge in [-0.3, -0.25) is 0 Å². The third-order valence-electron chi connectivity index (χ3n) is 4.85. The molecule has 1 aliphatic heterocycles. The number of halogens is 2. The van der Waals surface area contributed by atoms with Gasteiger partial charge in [0.15, 0.2) is 0 Å². The average molecular weight is 445 g/mol. The summed E-state index contributed by atoms with van der Waals surface area (Å²) in [5.74, 6) is 0. The summed E-state index contributed by atoms with van der Waals surface area (Å²) in [6.45, 7) is 1.91. The maximum atomic E-state index is 13.4. The van der Waals surface area contributed by atoms with Crippen molar-refractivity contribution in [3.8, 4) is 0 Å². The molecule has 0 N–H and O–H groups in total. The van der Waals surface area contributed by atoms with Crippen LogP contribution in [0.2, 0.25) is 10.0 Å². The third kappa shape index (κ3) is 4.04. The molecule has 1 heterocycles. The van der Waals surface area contributed by atoms with Crippen LogP contribution >= 0.6 is 23.2 Å². The van der Waals surface area contributed by atoms with Crippen LogP contribution in [0.3, 0.4) is 0 Å². The molecule has 0 aromatic heterocycles. The standard InChI is InChI=1S/C22H18Cl2N2O2S/c1-15-5-11-20(12-6-15)29(27,28)26-22(17-3-2-4-19(24)13-17)14-21(25-26)16-7-9-18(23)10-8-16/h2-13,22H,14H2,1H3/t22-/m0/s1. The normalized spacial score (nSPS) is 16.7. The molecule has 148 valence electrons. The number of nitrogens with zero attached hydrogens (tertiary/aromatic N) is 2. The first-order chi connectivity index (χ1) is 13.8. The van der Waals surface area contributed by atoms with E-state index < -0.39 is 16.1 Å². The van der Waals surface area contributed by atoms with Gasteiger partial charge >= 0.3 is 0 Å². The molecule has 0 radical (unpaired) electrons. The SMILES string of the molecule is Cc1ccc(S(=O)(=O)N2N=C(c3ccc(Cl)cc3)C[C@H]2c2cccc(Cl)c2)cc1. The van der Waals surface area contributed by atoms with Crippen molar-refractivity contribution in [2.45, 2.75) is 24.3 Å². The molecule has 0 saturated carbocycles. The van der Waals surface area contributed by atoms with Crippen LogP contribution in [0.15, 0.2) is 82.8 Å². The van der Waals surface area contributed by atoms with E-state index in [1.807, 2.05) is 31.2 Å². The van der Waals surface area contributed by atoms with Gasteiger partial charge in [-0.05, 0) is 54.4 Å². The van der Waals surface area contributed by atoms with Crippen molar-refractivity contribution in [1.82, 2.24) is 4.41 Å². The van der Waals surface area contributed by atoms with E-state index >= 15 is 0 Å². The van der Waals surface area contributed by atoms with Crippen LogP contribution in [0, 0.1) is 6.92 Å². The van der Waals surface area contributed by atoms with Gasteiger partial charge in [-0.25, -0.2) is 0 Å². The fraction of sp³-hybridized carbons (Fsp3) is 0.136. The van der Waals surface area contributed by atoms with Crippen LogP contribution in [-0.2, 0) is 10.0 Å². The van der Waals surface area contributed by atoms with E-state index in [4.69, 9.17) is 23.2 Å². The van der Waals surface area contributed by atoms with E-state index in [0.717, 1.165) is 16.7 Å². The molecule has 0 aliphatic carbocycles. The van der Waals surface area contributed by atoms with Crippen LogP contribution in [0.25, 0.3) is 0 Å². The van der Waals surface area contributed by atoms with Crippen molar-refractivity contribution in [3.63, 3.8) is 0 Å². The fourth-order valence-electron chi connectivity index (χ4n) is 3.31. The minimum atomic E-state index is -3.84. The second-order valence-corrected chi connectivity index (χ2v) is 9.59. The summed E-state index contributed by atoms with van der Waals surface area (Å²) < 4.78 is 28.0. The molecule has 1 atom stereocenters. The monoisotopic (exact) mass is 444 g/mol. The number of hydrogen-bond donors (Lipinski definition) is 0. The molecule has 7 heteroatoms. The molecule has 0 spiro atoms. The summed E-state index contributed by atoms with van der Waals surface area (Å²) in [6, 6.07) is 20.7. The lowest BCUT2D eigenvalue weighted by atomic mass is 9.99. The highest BCUT2D eigenvalue weighted by Gasteiger charge is 2.37. The summed E-state index contributed by atoms with van der Waals surface area (Å²) in [5, 5.41) is 5.69. The predicted molar refractivity (Wildman–Crippen MR) is 117 cm³/mol. The molecular weight excluding hydrogens is 427 g/mol. The predicted octanol–water partition coefficient (Wildman–Crippen LogP) is 5.84. The van der Waals surface area contributed by atoms with Crippen molar-refractivity contribution in [2.75, 3.05) is 0 Å². The van der Waals surface area contributed by atoms with Crippen molar-refractivity contribution in [1.29, 1.82) is 0 Å². The lowest BCUT2D eigenvalue weighted by Gasteiger charge is -2.23. The summed E-state index contributed by atoms with van der Waals surface area (Å²) in [5.41, 5.74) is 3.30. The van der Waals surface area contributed by atoms with Crippen LogP contribution in [0.5, 0.6) is 0 Å². The first-order valence-electron chi connectivity index (χ1n) is 9.04. The molecule has 0 bridgehead atoms. The zero-order chi connectivity index (χ0) is 20.6. The van der Waals surface area contributed by atoms with E-state index in [-0.39, 0.29) is 4.90 Å². The summed E-state index contributed by atoms with van der Waals surface area (Å²) in [4.78, 5) is 0.205. The zero-order valence-corrected chi connectivity index (χ0v) is 17.9. The maximum absolute atomic E-state index is 13.4. The second-order valence-electron chi connectivity index (χ2n) is 6.92. The quantitative estimate of drug-likeness (QED) is 0.507. The molecule has 1 aliphatic rings. The zero-order valence-electron chi connectivity index (χ0n) is 15.6. The first-order valence-corrected chi connectivity index (χ1v) is 11.2. The summed E-state index contributed by atoms with van der Waals surface area (Å²) in [6.07, 6.45) is 0.438. The van der Waals surface area contributed by atoms with Gasteiger partial charge < -0.3 is 0 Å². The molecule has 3 aromatic carbocycles. The maximum Gasteiger partial charge on any atom is 0.279 e. The Morgan fingerprint density at radius 2 is 1.62 bits per heavy atom. The van der Waals surface area contributed by atoms with Gasteiger partial charge in [0.2, 0.25) is 0 Å². The Morgan fingerprint density at radius 3 is 2.28 bits per heavy atom. The van der Waals surface area contributed by atoms with Crippen LogP contribution in [-0.4, -0.2) is 18.5 Å². The van der Waals surface area contributed by atoms with Crippen molar-refractivity contribution in [3.05, 3.63) is 99.5 Å². The number of rotatable bonds is 4. The van der Waals surface area contributed by atoms with Crippen LogP contribution < -0.4 is 0 Å². The van der Waals surface area contributed by atoms with Crippen molar-refractivity contribution in [2.24, 2.45) is 5.10 Å². The molecular formula is C22H18Cl2N2O2S. The molecule has 4 rings (SSSR count). The smallest absolute Gasteiger partial charge is 0.200 e. The first kappa shape index (κ1) is 20.0. The van der Waals surface area contributed by atoms with E-state index in [9.17, 15) is 8.42 Å². The highest BCUT2D eigenvalue weighted by molar-refractivity contribution is 7.89. The summed E-state index contributed by atoms with van der Waals surface area (Å²) >= 11 is 12.2. The Labute approximate surface area is 180 Å². The highest BCUT2D eigenvalue weighted by atomic mass is 35.5. The van der Waals surface area contributed by atoms with E-state index in [0.29, 0.717) is 22.2 Å². The van der Waals surface area contributed by atoms with Crippen molar-refractivity contribution < 1.29 is 8.42 Å². The second kappa shape index (κ2) is 7.82. The molecule has 29 heavy (non-hydrogen) atoms. The lowest BCUT2D eigenvalue weighted by Crippen LogP contribution is -2.27. The van der Waals surface area contributed by atoms with Gasteiger partial charge in [0.05, 0.1) is 16.6 Å². The van der Waals surface area contributed by atoms with E-state index in [1.165, 1.54) is 4.41 Å². The Balaban J connectivity index is 1.80. The largest absolute Gasteiger partial charge is 0.279 e. The van der Waals surface area contributed by atoms with Crippen molar-refractivity contribution >= 4 is 38.9 Å². The van der Waals surface area contributed by atoms with Gasteiger partial charge in [0.1, 0.15) is 0 Å². The number of aryl methyl sites for hydroxylation is 1. The topological polar surface area (TPSA) is 49.7 Å². The van der Waals surface area contributed by atoms with E-state index in [1.54, 1.807) is 48.5 Å². The Morgan fingerprint density at radius 1 is 0.931 bits per heavy atom. The average Bonchev–Trinajstić information content (AvgIpc) is 3.15. The van der Waals surface area contributed by atoms with Gasteiger partial charge in [0.25, 0.3) is 10.0 Å². The molecule has 4 nitrogen and oxygen atoms in total. The van der Waals surface area contributed by atoms with Gasteiger partial charge in [-0.15, -0.1) is 0 Å². The Bertz CT molecular complexity index is 1170. The summed E-state index contributed by atoms with van der Waals surface area (Å²) in [7, 11) is -3.84. The minimum Gasteiger partial charge on any atom is -0.200 e. The third-order valence-corrected chi connectivity index (χ3v) is 7.03. The van der Waals surface area contributed by atoms with E-state index in [2.05, 4.69) is 5.10 Å². The number of hydrazone groups is 1. The number of benzene rings is 3. The molecule has 3 aromatic rings. The molecule has 0 fully saturated rings.